The molecule has 0 aliphatic heterocycles. The second-order valence-electron chi connectivity index (χ2n) is 7.79. The number of amides is 1. The van der Waals surface area contributed by atoms with Crippen LogP contribution in [0.1, 0.15) is 41.3 Å². The number of hydrogen-bond donors (Lipinski definition) is 4. The lowest BCUT2D eigenvalue weighted by molar-refractivity contribution is 0.0589. The van der Waals surface area contributed by atoms with E-state index in [1.807, 2.05) is 0 Å². The van der Waals surface area contributed by atoms with Crippen LogP contribution in [0.15, 0.2) is 35.1 Å². The number of aromatic nitrogens is 2. The molecule has 32 heavy (non-hydrogen) atoms. The number of fused-ring (bicyclic) bond motifs is 1. The summed E-state index contributed by atoms with van der Waals surface area (Å²) in [5.41, 5.74) is 1.50. The van der Waals surface area contributed by atoms with Crippen LogP contribution >= 0.6 is 0 Å². The Bertz CT molecular complexity index is 1070. The van der Waals surface area contributed by atoms with Crippen LogP contribution in [0.25, 0.3) is 11.0 Å². The third-order valence-corrected chi connectivity index (χ3v) is 4.94. The molecule has 10 nitrogen and oxygen atoms in total. The monoisotopic (exact) mass is 444 g/mol. The minimum Gasteiger partial charge on any atom is -0.464 e. The van der Waals surface area contributed by atoms with Gasteiger partial charge in [-0.25, -0.2) is 9.78 Å². The van der Waals surface area contributed by atoms with Gasteiger partial charge in [0.05, 0.1) is 43.7 Å². The predicted octanol–water partition coefficient (Wildman–Crippen LogP) is 2.48. The Labute approximate surface area is 185 Å². The second-order valence-corrected chi connectivity index (χ2v) is 7.79. The zero-order valence-electron chi connectivity index (χ0n) is 18.3. The van der Waals surface area contributed by atoms with E-state index in [1.54, 1.807) is 22.9 Å². The van der Waals surface area contributed by atoms with E-state index in [4.69, 9.17) is 14.3 Å². The number of aryl methyl sites for hydroxylation is 1. The van der Waals surface area contributed by atoms with Crippen molar-refractivity contribution < 1.29 is 29.0 Å². The molecule has 4 N–H and O–H groups in total. The largest absolute Gasteiger partial charge is 0.464 e. The summed E-state index contributed by atoms with van der Waals surface area (Å²) < 4.78 is 11.9. The molecule has 1 atom stereocenters. The van der Waals surface area contributed by atoms with E-state index in [9.17, 15) is 14.7 Å². The number of nitrogens with one attached hydrogen (secondary N) is 2. The van der Waals surface area contributed by atoms with Crippen molar-refractivity contribution in [3.63, 3.8) is 0 Å². The number of ether oxygens (including phenoxy) is 1. The molecule has 0 radical (unpaired) electrons. The van der Waals surface area contributed by atoms with Gasteiger partial charge in [0.15, 0.2) is 11.5 Å². The highest BCUT2D eigenvalue weighted by molar-refractivity contribution is 6.14. The lowest BCUT2D eigenvalue weighted by Gasteiger charge is -2.12. The lowest BCUT2D eigenvalue weighted by atomic mass is 10.1. The molecule has 1 amide bonds. The maximum atomic E-state index is 12.8. The van der Waals surface area contributed by atoms with Crippen LogP contribution in [0, 0.1) is 5.92 Å². The molecule has 172 valence electrons. The number of anilines is 2. The molecular weight excluding hydrogens is 416 g/mol. The zero-order valence-corrected chi connectivity index (χ0v) is 18.3. The van der Waals surface area contributed by atoms with Crippen molar-refractivity contribution >= 4 is 34.3 Å². The minimum atomic E-state index is -0.940. The second kappa shape index (κ2) is 10.3. The Morgan fingerprint density at radius 1 is 1.34 bits per heavy atom. The Kier molecular flexibility index (Phi) is 7.49. The number of methoxy groups -OCH3 is 1. The first-order chi connectivity index (χ1) is 15.3. The van der Waals surface area contributed by atoms with Gasteiger partial charge in [-0.1, -0.05) is 13.8 Å². The van der Waals surface area contributed by atoms with E-state index in [-0.39, 0.29) is 30.3 Å². The van der Waals surface area contributed by atoms with Gasteiger partial charge in [0, 0.05) is 18.5 Å². The van der Waals surface area contributed by atoms with Crippen molar-refractivity contribution in [2.75, 3.05) is 30.9 Å². The van der Waals surface area contributed by atoms with E-state index in [2.05, 4.69) is 29.5 Å². The number of pyridine rings is 1. The van der Waals surface area contributed by atoms with Gasteiger partial charge >= 0.3 is 5.97 Å². The number of rotatable bonds is 10. The van der Waals surface area contributed by atoms with Crippen LogP contribution < -0.4 is 10.6 Å². The molecule has 3 rings (SSSR count). The summed E-state index contributed by atoms with van der Waals surface area (Å²) in [5.74, 6) is -0.652. The summed E-state index contributed by atoms with van der Waals surface area (Å²) in [7, 11) is 1.28. The van der Waals surface area contributed by atoms with Crippen molar-refractivity contribution in [1.82, 2.24) is 9.55 Å². The maximum absolute atomic E-state index is 12.8. The van der Waals surface area contributed by atoms with Gasteiger partial charge in [-0.15, -0.1) is 0 Å². The Hall–Kier alpha value is -3.37. The van der Waals surface area contributed by atoms with Gasteiger partial charge in [0.2, 0.25) is 0 Å². The first-order valence-corrected chi connectivity index (χ1v) is 10.3. The molecule has 10 heteroatoms. The van der Waals surface area contributed by atoms with Gasteiger partial charge in [0.25, 0.3) is 5.91 Å². The molecule has 0 fully saturated rings. The molecule has 0 unspecified atom stereocenters. The smallest absolute Gasteiger partial charge is 0.356 e. The van der Waals surface area contributed by atoms with E-state index < -0.39 is 18.0 Å². The number of esters is 1. The number of aliphatic hydroxyl groups excluding tert-OH is 2. The van der Waals surface area contributed by atoms with E-state index in [0.29, 0.717) is 29.2 Å². The van der Waals surface area contributed by atoms with Crippen LogP contribution in [-0.4, -0.2) is 58.0 Å². The molecule has 0 spiro atoms. The number of nitrogens with zero attached hydrogens (tertiary/aromatic N) is 2. The minimum absolute atomic E-state index is 0.0946. The summed E-state index contributed by atoms with van der Waals surface area (Å²) >= 11 is 0. The molecule has 0 aliphatic carbocycles. The molecule has 0 aromatic carbocycles. The molecular formula is C22H28N4O6. The topological polar surface area (TPSA) is 139 Å². The third-order valence-electron chi connectivity index (χ3n) is 4.94. The molecule has 0 aliphatic rings. The standard InChI is InChI=1S/C22H28N4O6/c1-13(2)6-7-26-19(22(30)31-3)18(25-21(29)17-5-4-8-32-17)16-9-14(10-24-20(16)26)23-11-15(28)12-27/h4-5,8-10,13,15,23,27-28H,6-7,11-12H2,1-3H3,(H,25,29)/t15-/m1/s1. The lowest BCUT2D eigenvalue weighted by Crippen LogP contribution is -2.22. The predicted molar refractivity (Wildman–Crippen MR) is 119 cm³/mol. The van der Waals surface area contributed by atoms with Crippen LogP contribution in [0.2, 0.25) is 0 Å². The van der Waals surface area contributed by atoms with E-state index in [1.165, 1.54) is 19.4 Å². The fraction of sp³-hybridized carbons (Fsp3) is 0.409. The fourth-order valence-corrected chi connectivity index (χ4v) is 3.25. The van der Waals surface area contributed by atoms with Gasteiger partial charge in [-0.05, 0) is 30.5 Å². The van der Waals surface area contributed by atoms with E-state index in [0.717, 1.165) is 6.42 Å². The first-order valence-electron chi connectivity index (χ1n) is 10.3. The highest BCUT2D eigenvalue weighted by atomic mass is 16.5. The van der Waals surface area contributed by atoms with Crippen molar-refractivity contribution in [3.8, 4) is 0 Å². The SMILES string of the molecule is COC(=O)c1c(NC(=O)c2ccco2)c2cc(NC[C@@H](O)CO)cnc2n1CCC(C)C. The Balaban J connectivity index is 2.12. The van der Waals surface area contributed by atoms with Crippen LogP contribution in [-0.2, 0) is 11.3 Å². The number of carbonyl (C=O) groups is 2. The summed E-state index contributed by atoms with van der Waals surface area (Å²) in [6.07, 6.45) is 2.80. The van der Waals surface area contributed by atoms with Crippen molar-refractivity contribution in [1.29, 1.82) is 0 Å². The van der Waals surface area contributed by atoms with Crippen LogP contribution in [0.4, 0.5) is 11.4 Å². The van der Waals surface area contributed by atoms with Crippen molar-refractivity contribution in [2.24, 2.45) is 5.92 Å². The van der Waals surface area contributed by atoms with Crippen molar-refractivity contribution in [2.45, 2.75) is 32.9 Å². The van der Waals surface area contributed by atoms with Gasteiger partial charge in [-0.2, -0.15) is 0 Å². The zero-order chi connectivity index (χ0) is 23.3. The summed E-state index contributed by atoms with van der Waals surface area (Å²) in [6, 6.07) is 4.84. The maximum Gasteiger partial charge on any atom is 0.356 e. The molecule has 3 aromatic heterocycles. The number of aliphatic hydroxyl groups is 2. The van der Waals surface area contributed by atoms with Gasteiger partial charge < -0.3 is 34.6 Å². The Morgan fingerprint density at radius 2 is 2.12 bits per heavy atom. The normalized spacial score (nSPS) is 12.2. The average molecular weight is 444 g/mol. The number of furan rings is 1. The molecule has 0 saturated carbocycles. The highest BCUT2D eigenvalue weighted by Crippen LogP contribution is 2.33. The van der Waals surface area contributed by atoms with Crippen LogP contribution in [0.3, 0.4) is 0 Å². The highest BCUT2D eigenvalue weighted by Gasteiger charge is 2.27. The average Bonchev–Trinajstić information content (AvgIpc) is 3.42. The number of carbonyl (C=O) groups excluding carboxylic acids is 2. The fourth-order valence-electron chi connectivity index (χ4n) is 3.25. The molecule has 3 aromatic rings. The van der Waals surface area contributed by atoms with Crippen LogP contribution in [0.5, 0.6) is 0 Å². The van der Waals surface area contributed by atoms with E-state index >= 15 is 0 Å². The summed E-state index contributed by atoms with van der Waals surface area (Å²) in [5, 5.41) is 24.9. The molecule has 0 bridgehead atoms. The van der Waals surface area contributed by atoms with Gasteiger partial charge in [-0.3, -0.25) is 4.79 Å². The molecule has 3 heterocycles. The third kappa shape index (κ3) is 5.09. The quantitative estimate of drug-likeness (QED) is 0.350. The molecule has 0 saturated heterocycles. The summed E-state index contributed by atoms with van der Waals surface area (Å²) in [6.45, 7) is 4.37. The Morgan fingerprint density at radius 3 is 2.75 bits per heavy atom. The number of hydrogen-bond acceptors (Lipinski definition) is 8. The van der Waals surface area contributed by atoms with Crippen molar-refractivity contribution in [3.05, 3.63) is 42.1 Å². The summed E-state index contributed by atoms with van der Waals surface area (Å²) in [4.78, 5) is 30.0. The first kappa shape index (κ1) is 23.3. The van der Waals surface area contributed by atoms with Gasteiger partial charge in [0.1, 0.15) is 5.65 Å².